The molecule has 1 aliphatic rings. The third-order valence-electron chi connectivity index (χ3n) is 3.03. The molecule has 0 aromatic heterocycles. The highest BCUT2D eigenvalue weighted by Gasteiger charge is 2.23. The van der Waals surface area contributed by atoms with E-state index in [2.05, 4.69) is 0 Å². The van der Waals surface area contributed by atoms with Gasteiger partial charge in [0.15, 0.2) is 0 Å². The molecule has 1 nitrogen and oxygen atoms in total. The maximum Gasteiger partial charge on any atom is 0.129 e. The molecule has 1 aromatic rings. The summed E-state index contributed by atoms with van der Waals surface area (Å²) < 4.78 is 26.4. The Labute approximate surface area is 93.4 Å². The van der Waals surface area contributed by atoms with Gasteiger partial charge in [-0.1, -0.05) is 12.2 Å². The fraction of sp³-hybridized carbons (Fsp3) is 0.385. The maximum atomic E-state index is 13.4. The molecule has 0 bridgehead atoms. The van der Waals surface area contributed by atoms with E-state index in [1.165, 1.54) is 0 Å². The number of hydrogen-bond donors (Lipinski definition) is 1. The van der Waals surface area contributed by atoms with Gasteiger partial charge in [-0.25, -0.2) is 8.78 Å². The van der Waals surface area contributed by atoms with Crippen molar-refractivity contribution in [3.63, 3.8) is 0 Å². The monoisotopic (exact) mass is 224 g/mol. The maximum absolute atomic E-state index is 13.4. The summed E-state index contributed by atoms with van der Waals surface area (Å²) in [5.74, 6) is -1.06. The zero-order valence-electron chi connectivity index (χ0n) is 8.87. The van der Waals surface area contributed by atoms with Crippen LogP contribution in [0, 0.1) is 17.6 Å². The number of benzene rings is 1. The van der Waals surface area contributed by atoms with E-state index < -0.39 is 17.7 Å². The molecule has 0 saturated heterocycles. The van der Waals surface area contributed by atoms with E-state index >= 15 is 0 Å². The minimum Gasteiger partial charge on any atom is -0.388 e. The van der Waals surface area contributed by atoms with E-state index in [9.17, 15) is 13.9 Å². The van der Waals surface area contributed by atoms with Crippen LogP contribution < -0.4 is 0 Å². The minimum absolute atomic E-state index is 0.0127. The van der Waals surface area contributed by atoms with Crippen molar-refractivity contribution in [3.8, 4) is 0 Å². The second-order valence-corrected chi connectivity index (χ2v) is 4.16. The Morgan fingerprint density at radius 2 is 2.06 bits per heavy atom. The lowest BCUT2D eigenvalue weighted by Gasteiger charge is -2.24. The van der Waals surface area contributed by atoms with Crippen molar-refractivity contribution in [2.45, 2.75) is 25.4 Å². The highest BCUT2D eigenvalue weighted by molar-refractivity contribution is 5.22. The zero-order chi connectivity index (χ0) is 11.5. The van der Waals surface area contributed by atoms with Crippen LogP contribution in [0.1, 0.15) is 30.9 Å². The standard InChI is InChI=1S/C13H14F2O/c14-10-6-7-12(15)11(8-10)13(16)9-4-2-1-3-5-9/h1-2,6-9,13,16H,3-5H2. The molecule has 0 amide bonds. The molecule has 0 fully saturated rings. The summed E-state index contributed by atoms with van der Waals surface area (Å²) in [6, 6.07) is 3.21. The molecule has 2 rings (SSSR count). The molecule has 0 radical (unpaired) electrons. The molecule has 0 spiro atoms. The summed E-state index contributed by atoms with van der Waals surface area (Å²) >= 11 is 0. The first-order valence-corrected chi connectivity index (χ1v) is 5.46. The second kappa shape index (κ2) is 4.74. The van der Waals surface area contributed by atoms with E-state index in [1.54, 1.807) is 0 Å². The lowest BCUT2D eigenvalue weighted by Crippen LogP contribution is -2.15. The van der Waals surface area contributed by atoms with Gasteiger partial charge in [0, 0.05) is 5.56 Å². The summed E-state index contributed by atoms with van der Waals surface area (Å²) in [6.07, 6.45) is 5.53. The predicted molar refractivity (Wildman–Crippen MR) is 57.8 cm³/mol. The van der Waals surface area contributed by atoms with Gasteiger partial charge in [0.2, 0.25) is 0 Å². The number of aliphatic hydroxyl groups excluding tert-OH is 1. The van der Waals surface area contributed by atoms with Crippen LogP contribution in [-0.4, -0.2) is 5.11 Å². The van der Waals surface area contributed by atoms with Crippen molar-refractivity contribution < 1.29 is 13.9 Å². The first-order chi connectivity index (χ1) is 7.68. The topological polar surface area (TPSA) is 20.2 Å². The first-order valence-electron chi connectivity index (χ1n) is 5.46. The van der Waals surface area contributed by atoms with Crippen molar-refractivity contribution in [2.75, 3.05) is 0 Å². The lowest BCUT2D eigenvalue weighted by molar-refractivity contribution is 0.0985. The molecule has 2 unspecified atom stereocenters. The van der Waals surface area contributed by atoms with Crippen LogP contribution in [0.15, 0.2) is 30.4 Å². The van der Waals surface area contributed by atoms with Crippen LogP contribution >= 0.6 is 0 Å². The van der Waals surface area contributed by atoms with Crippen LogP contribution in [-0.2, 0) is 0 Å². The van der Waals surface area contributed by atoms with Gasteiger partial charge in [-0.3, -0.25) is 0 Å². The number of allylic oxidation sites excluding steroid dienone is 2. The normalized spacial score (nSPS) is 22.1. The molecule has 1 aliphatic carbocycles. The molecular weight excluding hydrogens is 210 g/mol. The summed E-state index contributed by atoms with van der Waals surface area (Å²) in [7, 11) is 0. The Morgan fingerprint density at radius 3 is 2.75 bits per heavy atom. The first kappa shape index (κ1) is 11.3. The quantitative estimate of drug-likeness (QED) is 0.764. The van der Waals surface area contributed by atoms with Gasteiger partial charge < -0.3 is 5.11 Å². The summed E-state index contributed by atoms with van der Waals surface area (Å²) in [5.41, 5.74) is 0.0697. The highest BCUT2D eigenvalue weighted by atomic mass is 19.1. The van der Waals surface area contributed by atoms with E-state index in [4.69, 9.17) is 0 Å². The Bertz CT molecular complexity index is 401. The van der Waals surface area contributed by atoms with E-state index in [0.29, 0.717) is 0 Å². The van der Waals surface area contributed by atoms with E-state index in [1.807, 2.05) is 12.2 Å². The third kappa shape index (κ3) is 2.30. The average molecular weight is 224 g/mol. The molecular formula is C13H14F2O. The predicted octanol–water partition coefficient (Wildman–Crippen LogP) is 3.35. The van der Waals surface area contributed by atoms with E-state index in [0.717, 1.165) is 37.5 Å². The Morgan fingerprint density at radius 1 is 1.25 bits per heavy atom. The summed E-state index contributed by atoms with van der Waals surface area (Å²) in [5, 5.41) is 10.0. The van der Waals surface area contributed by atoms with Gasteiger partial charge in [-0.15, -0.1) is 0 Å². The van der Waals surface area contributed by atoms with Gasteiger partial charge >= 0.3 is 0 Å². The molecule has 3 heteroatoms. The smallest absolute Gasteiger partial charge is 0.129 e. The van der Waals surface area contributed by atoms with Crippen LogP contribution in [0.2, 0.25) is 0 Å². The van der Waals surface area contributed by atoms with E-state index in [-0.39, 0.29) is 11.5 Å². The Kier molecular flexibility index (Phi) is 3.34. The molecule has 16 heavy (non-hydrogen) atoms. The van der Waals surface area contributed by atoms with Gasteiger partial charge in [0.25, 0.3) is 0 Å². The number of halogens is 2. The van der Waals surface area contributed by atoms with Crippen molar-refractivity contribution >= 4 is 0 Å². The lowest BCUT2D eigenvalue weighted by atomic mass is 9.86. The van der Waals surface area contributed by atoms with Crippen LogP contribution in [0.3, 0.4) is 0 Å². The van der Waals surface area contributed by atoms with Crippen molar-refractivity contribution in [2.24, 2.45) is 5.92 Å². The number of hydrogen-bond acceptors (Lipinski definition) is 1. The molecule has 0 saturated carbocycles. The fourth-order valence-corrected chi connectivity index (χ4v) is 2.10. The molecule has 86 valence electrons. The van der Waals surface area contributed by atoms with Crippen LogP contribution in [0.25, 0.3) is 0 Å². The van der Waals surface area contributed by atoms with Gasteiger partial charge in [0.1, 0.15) is 11.6 Å². The highest BCUT2D eigenvalue weighted by Crippen LogP contribution is 2.32. The van der Waals surface area contributed by atoms with Crippen molar-refractivity contribution in [1.29, 1.82) is 0 Å². The number of rotatable bonds is 2. The Hall–Kier alpha value is -1.22. The second-order valence-electron chi connectivity index (χ2n) is 4.16. The molecule has 1 aromatic carbocycles. The fourth-order valence-electron chi connectivity index (χ4n) is 2.10. The molecule has 2 atom stereocenters. The Balaban J connectivity index is 2.22. The average Bonchev–Trinajstić information content (AvgIpc) is 2.32. The summed E-state index contributed by atoms with van der Waals surface area (Å²) in [6.45, 7) is 0. The number of aliphatic hydroxyl groups is 1. The van der Waals surface area contributed by atoms with Gasteiger partial charge in [-0.05, 0) is 43.4 Å². The van der Waals surface area contributed by atoms with Crippen molar-refractivity contribution in [1.82, 2.24) is 0 Å². The zero-order valence-corrected chi connectivity index (χ0v) is 8.87. The largest absolute Gasteiger partial charge is 0.388 e. The van der Waals surface area contributed by atoms with Crippen molar-refractivity contribution in [3.05, 3.63) is 47.5 Å². The molecule has 1 N–H and O–H groups in total. The third-order valence-corrected chi connectivity index (χ3v) is 3.03. The molecule has 0 aliphatic heterocycles. The van der Waals surface area contributed by atoms with Gasteiger partial charge in [-0.2, -0.15) is 0 Å². The molecule has 0 heterocycles. The van der Waals surface area contributed by atoms with Crippen LogP contribution in [0.4, 0.5) is 8.78 Å². The SMILES string of the molecule is OC(c1cc(F)ccc1F)C1CC=CCC1. The van der Waals surface area contributed by atoms with Gasteiger partial charge in [0.05, 0.1) is 6.10 Å². The summed E-state index contributed by atoms with van der Waals surface area (Å²) in [4.78, 5) is 0. The minimum atomic E-state index is -0.916. The van der Waals surface area contributed by atoms with Crippen LogP contribution in [0.5, 0.6) is 0 Å².